The first-order valence-electron chi connectivity index (χ1n) is 8.47. The maximum absolute atomic E-state index is 12.7. The number of aromatic amines is 1. The molecule has 0 spiro atoms. The van der Waals surface area contributed by atoms with E-state index in [0.29, 0.717) is 11.3 Å². The highest BCUT2D eigenvalue weighted by Crippen LogP contribution is 2.28. The molecule has 0 saturated carbocycles. The summed E-state index contributed by atoms with van der Waals surface area (Å²) in [6.45, 7) is 0. The Balaban J connectivity index is 1.97. The van der Waals surface area contributed by atoms with Gasteiger partial charge in [-0.3, -0.25) is 4.79 Å². The molecule has 4 N–H and O–H groups in total. The Kier molecular flexibility index (Phi) is 4.18. The first kappa shape index (κ1) is 16.6. The third kappa shape index (κ3) is 3.06. The highest BCUT2D eigenvalue weighted by molar-refractivity contribution is 6.03. The summed E-state index contributed by atoms with van der Waals surface area (Å²) >= 11 is 0. The summed E-state index contributed by atoms with van der Waals surface area (Å²) in [7, 11) is 0. The largest absolute Gasteiger partial charge is 0.409 e. The molecule has 27 heavy (non-hydrogen) atoms. The number of amidine groups is 1. The van der Waals surface area contributed by atoms with Crippen molar-refractivity contribution in [3.05, 3.63) is 94.8 Å². The monoisotopic (exact) mass is 355 g/mol. The maximum Gasteiger partial charge on any atom is 0.260 e. The Bertz CT molecular complexity index is 1210. The quantitative estimate of drug-likeness (QED) is 0.225. The number of nitrogens with two attached hydrogens (primary N) is 1. The summed E-state index contributed by atoms with van der Waals surface area (Å²) in [4.78, 5) is 15.6. The minimum atomic E-state index is -0.408. The van der Waals surface area contributed by atoms with Gasteiger partial charge in [0.05, 0.1) is 5.56 Å². The van der Waals surface area contributed by atoms with Crippen LogP contribution in [0, 0.1) is 0 Å². The standard InChI is InChI=1S/C22H17N3O2/c23-21(25-27)20-18(15-7-2-1-3-8-15)13-19(24-22(20)26)17-11-10-14-6-4-5-9-16(14)12-17/h1-13,27H,(H2,23,25)(H,24,26). The number of pyridine rings is 1. The molecule has 4 rings (SSSR count). The number of H-pyrrole nitrogens is 1. The zero-order valence-corrected chi connectivity index (χ0v) is 14.4. The number of oxime groups is 1. The Labute approximate surface area is 155 Å². The van der Waals surface area contributed by atoms with Crippen LogP contribution in [0.25, 0.3) is 33.2 Å². The van der Waals surface area contributed by atoms with Gasteiger partial charge in [-0.1, -0.05) is 71.9 Å². The van der Waals surface area contributed by atoms with Crippen LogP contribution in [0.5, 0.6) is 0 Å². The van der Waals surface area contributed by atoms with Crippen molar-refractivity contribution in [1.29, 1.82) is 0 Å². The summed E-state index contributed by atoms with van der Waals surface area (Å²) < 4.78 is 0. The van der Waals surface area contributed by atoms with Crippen LogP contribution < -0.4 is 11.3 Å². The van der Waals surface area contributed by atoms with E-state index in [1.54, 1.807) is 0 Å². The fraction of sp³-hybridized carbons (Fsp3) is 0. The van der Waals surface area contributed by atoms with Gasteiger partial charge in [-0.15, -0.1) is 0 Å². The molecule has 0 bridgehead atoms. The molecule has 132 valence electrons. The second-order valence-corrected chi connectivity index (χ2v) is 6.21. The van der Waals surface area contributed by atoms with Crippen LogP contribution in [0.3, 0.4) is 0 Å². The molecule has 0 aliphatic carbocycles. The van der Waals surface area contributed by atoms with Crippen LogP contribution in [0.1, 0.15) is 5.56 Å². The van der Waals surface area contributed by atoms with Crippen molar-refractivity contribution >= 4 is 16.6 Å². The average Bonchev–Trinajstić information content (AvgIpc) is 2.73. The lowest BCUT2D eigenvalue weighted by atomic mass is 9.97. The van der Waals surface area contributed by atoms with Crippen molar-refractivity contribution in [2.45, 2.75) is 0 Å². The number of hydrogen-bond acceptors (Lipinski definition) is 3. The molecule has 0 aliphatic rings. The zero-order valence-electron chi connectivity index (χ0n) is 14.4. The van der Waals surface area contributed by atoms with Crippen molar-refractivity contribution in [3.8, 4) is 22.4 Å². The Morgan fingerprint density at radius 2 is 1.56 bits per heavy atom. The summed E-state index contributed by atoms with van der Waals surface area (Å²) in [5.41, 5.74) is 8.49. The van der Waals surface area contributed by atoms with Crippen LogP contribution in [-0.2, 0) is 0 Å². The highest BCUT2D eigenvalue weighted by atomic mass is 16.4. The molecule has 1 aromatic heterocycles. The van der Waals surface area contributed by atoms with Gasteiger partial charge in [-0.05, 0) is 34.0 Å². The minimum absolute atomic E-state index is 0.147. The van der Waals surface area contributed by atoms with Gasteiger partial charge in [0.2, 0.25) is 0 Å². The molecule has 0 aliphatic heterocycles. The predicted molar refractivity (Wildman–Crippen MR) is 108 cm³/mol. The smallest absolute Gasteiger partial charge is 0.260 e. The van der Waals surface area contributed by atoms with E-state index < -0.39 is 5.56 Å². The summed E-state index contributed by atoms with van der Waals surface area (Å²) in [6.07, 6.45) is 0. The van der Waals surface area contributed by atoms with Crippen LogP contribution >= 0.6 is 0 Å². The van der Waals surface area contributed by atoms with Gasteiger partial charge >= 0.3 is 0 Å². The molecule has 0 unspecified atom stereocenters. The summed E-state index contributed by atoms with van der Waals surface area (Å²) in [6, 6.07) is 25.3. The van der Waals surface area contributed by atoms with Gasteiger partial charge in [-0.25, -0.2) is 0 Å². The molecule has 1 heterocycles. The minimum Gasteiger partial charge on any atom is -0.409 e. The van der Waals surface area contributed by atoms with Crippen LogP contribution in [0.15, 0.2) is 88.8 Å². The van der Waals surface area contributed by atoms with Crippen molar-refractivity contribution in [3.63, 3.8) is 0 Å². The molecule has 3 aromatic carbocycles. The van der Waals surface area contributed by atoms with Crippen LogP contribution in [0.2, 0.25) is 0 Å². The van der Waals surface area contributed by atoms with E-state index in [4.69, 9.17) is 10.9 Å². The van der Waals surface area contributed by atoms with Crippen molar-refractivity contribution in [2.24, 2.45) is 10.9 Å². The van der Waals surface area contributed by atoms with Crippen molar-refractivity contribution < 1.29 is 5.21 Å². The normalized spacial score (nSPS) is 11.6. The zero-order chi connectivity index (χ0) is 18.8. The van der Waals surface area contributed by atoms with Crippen LogP contribution in [-0.4, -0.2) is 16.0 Å². The fourth-order valence-corrected chi connectivity index (χ4v) is 3.22. The number of nitrogens with zero attached hydrogens (tertiary/aromatic N) is 1. The maximum atomic E-state index is 12.7. The highest BCUT2D eigenvalue weighted by Gasteiger charge is 2.16. The summed E-state index contributed by atoms with van der Waals surface area (Å²) in [5, 5.41) is 14.3. The SMILES string of the molecule is N/C(=N/O)c1c(-c2ccccc2)cc(-c2ccc3ccccc3c2)[nH]c1=O. The van der Waals surface area contributed by atoms with E-state index in [-0.39, 0.29) is 11.4 Å². The average molecular weight is 355 g/mol. The Morgan fingerprint density at radius 3 is 2.30 bits per heavy atom. The molecule has 0 amide bonds. The fourth-order valence-electron chi connectivity index (χ4n) is 3.22. The first-order chi connectivity index (χ1) is 13.2. The Morgan fingerprint density at radius 1 is 0.852 bits per heavy atom. The molecule has 0 fully saturated rings. The van der Waals surface area contributed by atoms with Crippen LogP contribution in [0.4, 0.5) is 0 Å². The number of benzene rings is 3. The van der Waals surface area contributed by atoms with Gasteiger partial charge in [0.1, 0.15) is 0 Å². The van der Waals surface area contributed by atoms with Gasteiger partial charge < -0.3 is 15.9 Å². The van der Waals surface area contributed by atoms with E-state index in [9.17, 15) is 4.79 Å². The molecule has 5 heteroatoms. The van der Waals surface area contributed by atoms with E-state index in [0.717, 1.165) is 21.9 Å². The van der Waals surface area contributed by atoms with Crippen molar-refractivity contribution in [2.75, 3.05) is 0 Å². The number of nitrogens with one attached hydrogen (secondary N) is 1. The van der Waals surface area contributed by atoms with Gasteiger partial charge in [0.15, 0.2) is 5.84 Å². The second kappa shape index (κ2) is 6.80. The second-order valence-electron chi connectivity index (χ2n) is 6.21. The van der Waals surface area contributed by atoms with Gasteiger partial charge in [0, 0.05) is 11.3 Å². The Hall–Kier alpha value is -3.86. The van der Waals surface area contributed by atoms with E-state index in [1.807, 2.05) is 78.9 Å². The third-order valence-corrected chi connectivity index (χ3v) is 4.54. The summed E-state index contributed by atoms with van der Waals surface area (Å²) in [5.74, 6) is -0.222. The molecule has 0 saturated heterocycles. The molecule has 5 nitrogen and oxygen atoms in total. The number of aromatic nitrogens is 1. The molecular formula is C22H17N3O2. The lowest BCUT2D eigenvalue weighted by molar-refractivity contribution is 0.318. The molecule has 0 atom stereocenters. The third-order valence-electron chi connectivity index (χ3n) is 4.54. The van der Waals surface area contributed by atoms with Gasteiger partial charge in [-0.2, -0.15) is 0 Å². The molecule has 0 radical (unpaired) electrons. The van der Waals surface area contributed by atoms with Gasteiger partial charge in [0.25, 0.3) is 5.56 Å². The number of fused-ring (bicyclic) bond motifs is 1. The predicted octanol–water partition coefficient (Wildman–Crippen LogP) is 3.96. The van der Waals surface area contributed by atoms with E-state index in [1.165, 1.54) is 0 Å². The lowest BCUT2D eigenvalue weighted by Crippen LogP contribution is -2.26. The molecular weight excluding hydrogens is 338 g/mol. The topological polar surface area (TPSA) is 91.5 Å². The van der Waals surface area contributed by atoms with E-state index >= 15 is 0 Å². The number of rotatable bonds is 3. The van der Waals surface area contributed by atoms with E-state index in [2.05, 4.69) is 10.1 Å². The lowest BCUT2D eigenvalue weighted by Gasteiger charge is -2.11. The molecule has 4 aromatic rings. The first-order valence-corrected chi connectivity index (χ1v) is 8.47. The number of hydrogen-bond donors (Lipinski definition) is 3. The van der Waals surface area contributed by atoms with Crippen molar-refractivity contribution in [1.82, 2.24) is 4.98 Å².